The van der Waals surface area contributed by atoms with E-state index in [1.165, 1.54) is 0 Å². The summed E-state index contributed by atoms with van der Waals surface area (Å²) in [4.78, 5) is 6.95. The minimum atomic E-state index is 0.487. The zero-order valence-electron chi connectivity index (χ0n) is 7.98. The van der Waals surface area contributed by atoms with E-state index >= 15 is 0 Å². The molecule has 0 saturated heterocycles. The third-order valence-corrected chi connectivity index (χ3v) is 2.16. The number of hydrogen-bond donors (Lipinski definition) is 1. The molecule has 0 aliphatic heterocycles. The standard InChI is InChI=1S/C9H10N4S/c1-6-5-8(13(2)12-6)7-3-4-10-9(14)11-7/h3-5H,1-2H3,(H,10,11,14). The summed E-state index contributed by atoms with van der Waals surface area (Å²) in [5.41, 5.74) is 2.93. The summed E-state index contributed by atoms with van der Waals surface area (Å²) in [5, 5.41) is 4.26. The lowest BCUT2D eigenvalue weighted by Crippen LogP contribution is -1.95. The monoisotopic (exact) mass is 206 g/mol. The first-order valence-electron chi connectivity index (χ1n) is 4.23. The Morgan fingerprint density at radius 2 is 2.29 bits per heavy atom. The van der Waals surface area contributed by atoms with Crippen molar-refractivity contribution in [1.29, 1.82) is 0 Å². The lowest BCUT2D eigenvalue weighted by molar-refractivity contribution is 0.761. The van der Waals surface area contributed by atoms with E-state index in [1.807, 2.05) is 30.8 Å². The van der Waals surface area contributed by atoms with Crippen LogP contribution in [-0.2, 0) is 7.05 Å². The molecule has 0 aliphatic carbocycles. The Balaban J connectivity index is 2.59. The van der Waals surface area contributed by atoms with Crippen LogP contribution < -0.4 is 0 Å². The van der Waals surface area contributed by atoms with Gasteiger partial charge in [0.15, 0.2) is 4.77 Å². The highest BCUT2D eigenvalue weighted by atomic mass is 32.1. The zero-order valence-corrected chi connectivity index (χ0v) is 8.80. The van der Waals surface area contributed by atoms with Crippen LogP contribution >= 0.6 is 12.2 Å². The lowest BCUT2D eigenvalue weighted by atomic mass is 10.3. The number of rotatable bonds is 1. The van der Waals surface area contributed by atoms with Crippen molar-refractivity contribution < 1.29 is 0 Å². The molecule has 2 rings (SSSR count). The molecule has 0 aromatic carbocycles. The van der Waals surface area contributed by atoms with Crippen LogP contribution in [0.3, 0.4) is 0 Å². The number of aromatic nitrogens is 4. The molecular weight excluding hydrogens is 196 g/mol. The lowest BCUT2D eigenvalue weighted by Gasteiger charge is -2.00. The molecule has 0 unspecified atom stereocenters. The van der Waals surface area contributed by atoms with Gasteiger partial charge in [-0.1, -0.05) is 0 Å². The first kappa shape index (κ1) is 9.08. The van der Waals surface area contributed by atoms with E-state index in [0.717, 1.165) is 17.1 Å². The molecule has 4 nitrogen and oxygen atoms in total. The van der Waals surface area contributed by atoms with Crippen molar-refractivity contribution >= 4 is 12.2 Å². The van der Waals surface area contributed by atoms with E-state index < -0.39 is 0 Å². The van der Waals surface area contributed by atoms with E-state index in [9.17, 15) is 0 Å². The minimum Gasteiger partial charge on any atom is -0.329 e. The predicted octanol–water partition coefficient (Wildman–Crippen LogP) is 1.85. The van der Waals surface area contributed by atoms with Crippen LogP contribution in [0.25, 0.3) is 11.4 Å². The number of hydrogen-bond acceptors (Lipinski definition) is 3. The van der Waals surface area contributed by atoms with Crippen molar-refractivity contribution in [3.63, 3.8) is 0 Å². The predicted molar refractivity (Wildman–Crippen MR) is 56.4 cm³/mol. The Labute approximate surface area is 86.6 Å². The van der Waals surface area contributed by atoms with Crippen LogP contribution in [-0.4, -0.2) is 19.7 Å². The first-order valence-corrected chi connectivity index (χ1v) is 4.64. The third kappa shape index (κ3) is 1.58. The molecule has 5 heteroatoms. The Morgan fingerprint density at radius 3 is 2.86 bits per heavy atom. The highest BCUT2D eigenvalue weighted by Crippen LogP contribution is 2.15. The van der Waals surface area contributed by atoms with Crippen molar-refractivity contribution in [1.82, 2.24) is 19.7 Å². The molecule has 0 saturated carbocycles. The number of aromatic amines is 1. The van der Waals surface area contributed by atoms with Gasteiger partial charge in [-0.3, -0.25) is 4.68 Å². The molecule has 0 spiro atoms. The summed E-state index contributed by atoms with van der Waals surface area (Å²) >= 11 is 4.95. The van der Waals surface area contributed by atoms with Crippen molar-refractivity contribution in [2.75, 3.05) is 0 Å². The van der Waals surface area contributed by atoms with Gasteiger partial charge in [0.05, 0.1) is 17.1 Å². The van der Waals surface area contributed by atoms with Gasteiger partial charge in [-0.05, 0) is 31.3 Å². The second-order valence-corrected chi connectivity index (χ2v) is 3.47. The normalized spacial score (nSPS) is 10.4. The molecule has 14 heavy (non-hydrogen) atoms. The Kier molecular flexibility index (Phi) is 2.17. The van der Waals surface area contributed by atoms with Crippen LogP contribution in [0.1, 0.15) is 5.69 Å². The van der Waals surface area contributed by atoms with Crippen molar-refractivity contribution in [2.45, 2.75) is 6.92 Å². The van der Waals surface area contributed by atoms with Crippen LogP contribution in [0.15, 0.2) is 18.3 Å². The summed E-state index contributed by atoms with van der Waals surface area (Å²) in [5.74, 6) is 0. The van der Waals surface area contributed by atoms with Gasteiger partial charge in [-0.2, -0.15) is 5.10 Å². The summed E-state index contributed by atoms with van der Waals surface area (Å²) in [6.07, 6.45) is 1.69. The maximum atomic E-state index is 4.95. The number of nitrogens with one attached hydrogen (secondary N) is 1. The highest BCUT2D eigenvalue weighted by Gasteiger charge is 2.04. The van der Waals surface area contributed by atoms with Crippen LogP contribution in [0.2, 0.25) is 0 Å². The second kappa shape index (κ2) is 3.34. The molecule has 0 fully saturated rings. The molecule has 2 heterocycles. The second-order valence-electron chi connectivity index (χ2n) is 3.08. The van der Waals surface area contributed by atoms with Gasteiger partial charge in [-0.15, -0.1) is 0 Å². The van der Waals surface area contributed by atoms with Gasteiger partial charge in [0, 0.05) is 13.2 Å². The van der Waals surface area contributed by atoms with Crippen LogP contribution in [0.5, 0.6) is 0 Å². The summed E-state index contributed by atoms with van der Waals surface area (Å²) in [7, 11) is 1.90. The van der Waals surface area contributed by atoms with E-state index in [2.05, 4.69) is 15.1 Å². The fraction of sp³-hybridized carbons (Fsp3) is 0.222. The Hall–Kier alpha value is -1.49. The van der Waals surface area contributed by atoms with E-state index in [1.54, 1.807) is 6.20 Å². The molecule has 0 atom stereocenters. The molecule has 2 aromatic heterocycles. The fourth-order valence-corrected chi connectivity index (χ4v) is 1.55. The van der Waals surface area contributed by atoms with Crippen molar-refractivity contribution in [3.8, 4) is 11.4 Å². The molecule has 0 bridgehead atoms. The Morgan fingerprint density at radius 1 is 1.50 bits per heavy atom. The molecule has 0 aliphatic rings. The molecule has 0 radical (unpaired) electrons. The van der Waals surface area contributed by atoms with Crippen molar-refractivity contribution in [3.05, 3.63) is 28.8 Å². The highest BCUT2D eigenvalue weighted by molar-refractivity contribution is 7.71. The molecule has 0 amide bonds. The van der Waals surface area contributed by atoms with Gasteiger partial charge in [0.25, 0.3) is 0 Å². The number of aryl methyl sites for hydroxylation is 2. The quantitative estimate of drug-likeness (QED) is 0.724. The molecular formula is C9H10N4S. The van der Waals surface area contributed by atoms with Crippen molar-refractivity contribution in [2.24, 2.45) is 7.05 Å². The maximum Gasteiger partial charge on any atom is 0.197 e. The van der Waals surface area contributed by atoms with Gasteiger partial charge in [0.1, 0.15) is 0 Å². The summed E-state index contributed by atoms with van der Waals surface area (Å²) in [6, 6.07) is 3.88. The zero-order chi connectivity index (χ0) is 10.1. The Bertz CT molecular complexity index is 512. The SMILES string of the molecule is Cc1cc(-c2ccnc(=S)[nH]2)n(C)n1. The van der Waals surface area contributed by atoms with Gasteiger partial charge < -0.3 is 4.98 Å². The smallest absolute Gasteiger partial charge is 0.197 e. The average Bonchev–Trinajstić information content (AvgIpc) is 2.45. The van der Waals surface area contributed by atoms with Crippen LogP contribution in [0, 0.1) is 11.7 Å². The molecule has 1 N–H and O–H groups in total. The van der Waals surface area contributed by atoms with Gasteiger partial charge in [0.2, 0.25) is 0 Å². The summed E-state index contributed by atoms with van der Waals surface area (Å²) < 4.78 is 2.30. The number of H-pyrrole nitrogens is 1. The van der Waals surface area contributed by atoms with E-state index in [0.29, 0.717) is 4.77 Å². The fourth-order valence-electron chi connectivity index (χ4n) is 1.38. The molecule has 2 aromatic rings. The first-order chi connectivity index (χ1) is 6.66. The van der Waals surface area contributed by atoms with Gasteiger partial charge >= 0.3 is 0 Å². The maximum absolute atomic E-state index is 4.95. The summed E-state index contributed by atoms with van der Waals surface area (Å²) in [6.45, 7) is 1.96. The van der Waals surface area contributed by atoms with Gasteiger partial charge in [-0.25, -0.2) is 4.98 Å². The minimum absolute atomic E-state index is 0.487. The van der Waals surface area contributed by atoms with E-state index in [-0.39, 0.29) is 0 Å². The third-order valence-electron chi connectivity index (χ3n) is 1.95. The number of nitrogens with zero attached hydrogens (tertiary/aromatic N) is 3. The van der Waals surface area contributed by atoms with Crippen LogP contribution in [0.4, 0.5) is 0 Å². The van der Waals surface area contributed by atoms with E-state index in [4.69, 9.17) is 12.2 Å². The topological polar surface area (TPSA) is 46.5 Å². The largest absolute Gasteiger partial charge is 0.329 e. The average molecular weight is 206 g/mol. The molecule has 72 valence electrons.